The third-order valence-corrected chi connectivity index (χ3v) is 3.83. The Labute approximate surface area is 124 Å². The van der Waals surface area contributed by atoms with Gasteiger partial charge in [0.15, 0.2) is 0 Å². The maximum absolute atomic E-state index is 10.8. The Morgan fingerprint density at radius 1 is 1.45 bits per heavy atom. The van der Waals surface area contributed by atoms with E-state index in [9.17, 15) is 10.1 Å². The molecule has 6 heteroatoms. The molecule has 2 N–H and O–H groups in total. The van der Waals surface area contributed by atoms with Crippen LogP contribution in [0.25, 0.3) is 0 Å². The van der Waals surface area contributed by atoms with E-state index in [1.54, 1.807) is 6.07 Å². The fraction of sp³-hybridized carbons (Fsp3) is 0.571. The maximum atomic E-state index is 10.8. The van der Waals surface area contributed by atoms with Gasteiger partial charge in [0.1, 0.15) is 5.02 Å². The van der Waals surface area contributed by atoms with Gasteiger partial charge in [-0.15, -0.1) is 0 Å². The molecule has 112 valence electrons. The zero-order chi connectivity index (χ0) is 15.4. The van der Waals surface area contributed by atoms with Gasteiger partial charge in [0.05, 0.1) is 4.92 Å². The first-order valence-electron chi connectivity index (χ1n) is 6.65. The van der Waals surface area contributed by atoms with Crippen LogP contribution in [0.3, 0.4) is 0 Å². The van der Waals surface area contributed by atoms with E-state index in [0.29, 0.717) is 5.92 Å². The highest BCUT2D eigenvalue weighted by molar-refractivity contribution is 6.33. The van der Waals surface area contributed by atoms with Gasteiger partial charge in [-0.2, -0.15) is 0 Å². The Hall–Kier alpha value is -1.33. The topological polar surface area (TPSA) is 72.4 Å². The van der Waals surface area contributed by atoms with Crippen LogP contribution >= 0.6 is 11.6 Å². The van der Waals surface area contributed by atoms with Gasteiger partial charge in [0.2, 0.25) is 0 Å². The van der Waals surface area contributed by atoms with Gasteiger partial charge in [0.25, 0.3) is 5.69 Å². The van der Waals surface area contributed by atoms with E-state index in [4.69, 9.17) is 17.3 Å². The quantitative estimate of drug-likeness (QED) is 0.645. The molecule has 0 aliphatic rings. The second kappa shape index (κ2) is 6.90. The molecule has 1 atom stereocenters. The zero-order valence-electron chi connectivity index (χ0n) is 12.4. The lowest BCUT2D eigenvalue weighted by Crippen LogP contribution is -2.32. The van der Waals surface area contributed by atoms with E-state index < -0.39 is 4.92 Å². The van der Waals surface area contributed by atoms with Crippen LogP contribution < -0.4 is 10.6 Å². The fourth-order valence-electron chi connectivity index (χ4n) is 2.00. The van der Waals surface area contributed by atoms with Crippen molar-refractivity contribution >= 4 is 23.0 Å². The van der Waals surface area contributed by atoms with E-state index in [2.05, 4.69) is 13.8 Å². The molecule has 0 fully saturated rings. The third-order valence-electron chi connectivity index (χ3n) is 3.53. The summed E-state index contributed by atoms with van der Waals surface area (Å²) >= 11 is 5.96. The SMILES string of the molecule is Cc1cc([N+](=O)[O-])c(Cl)cc1N(C)CCC(N)C(C)C. The smallest absolute Gasteiger partial charge is 0.288 e. The summed E-state index contributed by atoms with van der Waals surface area (Å²) in [5.41, 5.74) is 7.71. The van der Waals surface area contributed by atoms with Gasteiger partial charge in [0, 0.05) is 31.4 Å². The lowest BCUT2D eigenvalue weighted by Gasteiger charge is -2.24. The lowest BCUT2D eigenvalue weighted by molar-refractivity contribution is -0.384. The number of nitro benzene ring substituents is 1. The van der Waals surface area contributed by atoms with Crippen molar-refractivity contribution in [2.45, 2.75) is 33.2 Å². The summed E-state index contributed by atoms with van der Waals surface area (Å²) < 4.78 is 0. The minimum Gasteiger partial charge on any atom is -0.374 e. The Morgan fingerprint density at radius 3 is 2.55 bits per heavy atom. The standard InChI is InChI=1S/C14H22ClN3O2/c1-9(2)12(16)5-6-17(4)13-8-11(15)14(18(19)20)7-10(13)3/h7-9,12H,5-6,16H2,1-4H3. The average molecular weight is 300 g/mol. The van der Waals surface area contributed by atoms with Gasteiger partial charge in [-0.1, -0.05) is 25.4 Å². The second-order valence-electron chi connectivity index (χ2n) is 5.47. The fourth-order valence-corrected chi connectivity index (χ4v) is 2.23. The number of anilines is 1. The molecule has 0 amide bonds. The molecule has 0 aromatic heterocycles. The minimum atomic E-state index is -0.464. The lowest BCUT2D eigenvalue weighted by atomic mass is 10.0. The van der Waals surface area contributed by atoms with Gasteiger partial charge < -0.3 is 10.6 Å². The molecule has 0 saturated carbocycles. The molecule has 0 aliphatic carbocycles. The summed E-state index contributed by atoms with van der Waals surface area (Å²) in [6.45, 7) is 6.82. The van der Waals surface area contributed by atoms with Crippen molar-refractivity contribution in [1.29, 1.82) is 0 Å². The van der Waals surface area contributed by atoms with Crippen LogP contribution in [0.2, 0.25) is 5.02 Å². The van der Waals surface area contributed by atoms with Crippen LogP contribution in [0, 0.1) is 23.0 Å². The van der Waals surface area contributed by atoms with Crippen molar-refractivity contribution in [2.24, 2.45) is 11.7 Å². The number of nitrogens with zero attached hydrogens (tertiary/aromatic N) is 2. The molecular weight excluding hydrogens is 278 g/mol. The molecule has 0 spiro atoms. The van der Waals surface area contributed by atoms with E-state index in [-0.39, 0.29) is 16.8 Å². The van der Waals surface area contributed by atoms with Crippen molar-refractivity contribution in [3.63, 3.8) is 0 Å². The number of hydrogen-bond donors (Lipinski definition) is 1. The Bertz CT molecular complexity index is 492. The van der Waals surface area contributed by atoms with Crippen LogP contribution in [-0.2, 0) is 0 Å². The monoisotopic (exact) mass is 299 g/mol. The van der Waals surface area contributed by atoms with Gasteiger partial charge in [-0.25, -0.2) is 0 Å². The normalized spacial score (nSPS) is 12.6. The summed E-state index contributed by atoms with van der Waals surface area (Å²) in [5.74, 6) is 0.435. The highest BCUT2D eigenvalue weighted by Gasteiger charge is 2.17. The number of aryl methyl sites for hydroxylation is 1. The minimum absolute atomic E-state index is 0.0554. The molecule has 1 aromatic carbocycles. The highest BCUT2D eigenvalue weighted by Crippen LogP contribution is 2.32. The number of nitrogens with two attached hydrogens (primary N) is 1. The summed E-state index contributed by atoms with van der Waals surface area (Å²) in [6.07, 6.45) is 0.863. The number of benzene rings is 1. The second-order valence-corrected chi connectivity index (χ2v) is 5.87. The molecule has 0 radical (unpaired) electrons. The van der Waals surface area contributed by atoms with E-state index >= 15 is 0 Å². The third kappa shape index (κ3) is 4.08. The largest absolute Gasteiger partial charge is 0.374 e. The molecule has 20 heavy (non-hydrogen) atoms. The van der Waals surface area contributed by atoms with E-state index in [1.165, 1.54) is 6.07 Å². The van der Waals surface area contributed by atoms with E-state index in [1.807, 2.05) is 18.9 Å². The molecule has 1 rings (SSSR count). The first-order valence-corrected chi connectivity index (χ1v) is 7.03. The number of nitro groups is 1. The van der Waals surface area contributed by atoms with Crippen molar-refractivity contribution < 1.29 is 4.92 Å². The molecule has 0 bridgehead atoms. The van der Waals surface area contributed by atoms with Crippen molar-refractivity contribution in [3.05, 3.63) is 32.8 Å². The van der Waals surface area contributed by atoms with Gasteiger partial charge in [-0.3, -0.25) is 10.1 Å². The molecule has 0 heterocycles. The predicted molar refractivity (Wildman–Crippen MR) is 83.5 cm³/mol. The summed E-state index contributed by atoms with van der Waals surface area (Å²) in [7, 11) is 1.94. The molecule has 0 saturated heterocycles. The Balaban J connectivity index is 2.86. The predicted octanol–water partition coefficient (Wildman–Crippen LogP) is 3.37. The number of hydrogen-bond acceptors (Lipinski definition) is 4. The summed E-state index contributed by atoms with van der Waals surface area (Å²) in [6, 6.07) is 3.30. The van der Waals surface area contributed by atoms with Crippen LogP contribution in [0.1, 0.15) is 25.8 Å². The maximum Gasteiger partial charge on any atom is 0.288 e. The molecule has 5 nitrogen and oxygen atoms in total. The Morgan fingerprint density at radius 2 is 2.05 bits per heavy atom. The highest BCUT2D eigenvalue weighted by atomic mass is 35.5. The zero-order valence-corrected chi connectivity index (χ0v) is 13.1. The Kier molecular flexibility index (Phi) is 5.77. The molecule has 1 aromatic rings. The molecular formula is C14H22ClN3O2. The first-order chi connectivity index (χ1) is 9.23. The van der Waals surface area contributed by atoms with E-state index in [0.717, 1.165) is 24.2 Å². The first kappa shape index (κ1) is 16.7. The summed E-state index contributed by atoms with van der Waals surface area (Å²) in [5, 5.41) is 11.0. The van der Waals surface area contributed by atoms with Crippen LogP contribution in [-0.4, -0.2) is 24.6 Å². The van der Waals surface area contributed by atoms with Crippen molar-refractivity contribution in [1.82, 2.24) is 0 Å². The number of rotatable bonds is 6. The molecule has 0 aliphatic heterocycles. The van der Waals surface area contributed by atoms with Gasteiger partial charge >= 0.3 is 0 Å². The number of halogens is 1. The van der Waals surface area contributed by atoms with Crippen LogP contribution in [0.15, 0.2) is 12.1 Å². The van der Waals surface area contributed by atoms with Crippen molar-refractivity contribution in [3.8, 4) is 0 Å². The van der Waals surface area contributed by atoms with Crippen LogP contribution in [0.5, 0.6) is 0 Å². The average Bonchev–Trinajstić information content (AvgIpc) is 2.37. The van der Waals surface area contributed by atoms with Gasteiger partial charge in [-0.05, 0) is 30.9 Å². The van der Waals surface area contributed by atoms with Crippen LogP contribution in [0.4, 0.5) is 11.4 Å². The van der Waals surface area contributed by atoms with Crippen molar-refractivity contribution in [2.75, 3.05) is 18.5 Å². The summed E-state index contributed by atoms with van der Waals surface area (Å²) in [4.78, 5) is 12.4. The molecule has 1 unspecified atom stereocenters.